The minimum absolute atomic E-state index is 0.146. The smallest absolute Gasteiger partial charge is 0.335 e. The molecular weight excluding hydrogens is 324 g/mol. The predicted octanol–water partition coefficient (Wildman–Crippen LogP) is 3.78. The molecule has 5 nitrogen and oxygen atoms in total. The first kappa shape index (κ1) is 17.9. The van der Waals surface area contributed by atoms with Crippen LogP contribution in [0.25, 0.3) is 0 Å². The monoisotopic (exact) mass is 344 g/mol. The highest BCUT2D eigenvalue weighted by molar-refractivity contribution is 8.00. The molecule has 1 amide bonds. The van der Waals surface area contributed by atoms with Gasteiger partial charge >= 0.3 is 5.97 Å². The molecule has 2 aromatic carbocycles. The number of nitrogen functional groups attached to an aromatic ring is 1. The Morgan fingerprint density at radius 3 is 2.62 bits per heavy atom. The van der Waals surface area contributed by atoms with E-state index in [1.54, 1.807) is 12.1 Å². The molecule has 2 aromatic rings. The summed E-state index contributed by atoms with van der Waals surface area (Å²) in [5, 5.41) is 11.6. The fourth-order valence-electron chi connectivity index (χ4n) is 2.18. The van der Waals surface area contributed by atoms with Crippen LogP contribution in [0.5, 0.6) is 0 Å². The lowest BCUT2D eigenvalue weighted by Gasteiger charge is -2.16. The summed E-state index contributed by atoms with van der Waals surface area (Å²) >= 11 is 1.44. The Kier molecular flexibility index (Phi) is 5.87. The molecule has 0 aliphatic rings. The number of carbonyl (C=O) groups excluding carboxylic acids is 1. The first-order chi connectivity index (χ1) is 11.4. The van der Waals surface area contributed by atoms with Gasteiger partial charge in [0, 0.05) is 16.3 Å². The summed E-state index contributed by atoms with van der Waals surface area (Å²) in [7, 11) is 0. The van der Waals surface area contributed by atoms with Gasteiger partial charge < -0.3 is 16.2 Å². The number of aromatic carboxylic acids is 1. The van der Waals surface area contributed by atoms with E-state index in [0.29, 0.717) is 17.8 Å². The SMILES string of the molecule is CCC(Sc1cccc(N)c1)C(=O)Nc1cc(C(=O)O)ccc1C. The molecule has 1 unspecified atom stereocenters. The van der Waals surface area contributed by atoms with Gasteiger partial charge in [0.05, 0.1) is 10.8 Å². The Balaban J connectivity index is 2.15. The molecule has 0 aliphatic heterocycles. The minimum atomic E-state index is -1.02. The van der Waals surface area contributed by atoms with Gasteiger partial charge in [-0.05, 0) is 49.2 Å². The summed E-state index contributed by atoms with van der Waals surface area (Å²) in [5.74, 6) is -1.18. The third-order valence-corrected chi connectivity index (χ3v) is 4.90. The molecule has 0 aromatic heterocycles. The molecule has 0 radical (unpaired) electrons. The molecule has 24 heavy (non-hydrogen) atoms. The van der Waals surface area contributed by atoms with Gasteiger partial charge in [0.25, 0.3) is 0 Å². The number of hydrogen-bond donors (Lipinski definition) is 3. The molecule has 4 N–H and O–H groups in total. The number of nitrogens with one attached hydrogen (secondary N) is 1. The fraction of sp³-hybridized carbons (Fsp3) is 0.222. The van der Waals surface area contributed by atoms with Gasteiger partial charge in [0.2, 0.25) is 5.91 Å². The fourth-order valence-corrected chi connectivity index (χ4v) is 3.20. The second kappa shape index (κ2) is 7.88. The van der Waals surface area contributed by atoms with Crippen LogP contribution < -0.4 is 11.1 Å². The number of carboxylic acids is 1. The van der Waals surface area contributed by atoms with Crippen molar-refractivity contribution in [3.05, 3.63) is 53.6 Å². The quantitative estimate of drug-likeness (QED) is 0.548. The van der Waals surface area contributed by atoms with E-state index in [1.807, 2.05) is 32.0 Å². The van der Waals surface area contributed by atoms with Gasteiger partial charge in [0.1, 0.15) is 0 Å². The number of carboxylic acid groups (broad SMARTS) is 1. The average Bonchev–Trinajstić information content (AvgIpc) is 2.54. The van der Waals surface area contributed by atoms with Crippen molar-refractivity contribution in [2.75, 3.05) is 11.1 Å². The zero-order chi connectivity index (χ0) is 17.7. The maximum Gasteiger partial charge on any atom is 0.335 e. The van der Waals surface area contributed by atoms with Crippen molar-refractivity contribution in [3.8, 4) is 0 Å². The lowest BCUT2D eigenvalue weighted by atomic mass is 10.1. The third-order valence-electron chi connectivity index (χ3n) is 3.54. The van der Waals surface area contributed by atoms with Gasteiger partial charge in [-0.3, -0.25) is 4.79 Å². The summed E-state index contributed by atoms with van der Waals surface area (Å²) in [4.78, 5) is 24.6. The Hall–Kier alpha value is -2.47. The summed E-state index contributed by atoms with van der Waals surface area (Å²) < 4.78 is 0. The summed E-state index contributed by atoms with van der Waals surface area (Å²) in [5.41, 5.74) is 7.91. The number of rotatable bonds is 6. The zero-order valence-corrected chi connectivity index (χ0v) is 14.4. The first-order valence-electron chi connectivity index (χ1n) is 7.57. The van der Waals surface area contributed by atoms with E-state index in [9.17, 15) is 9.59 Å². The van der Waals surface area contributed by atoms with Gasteiger partial charge in [-0.15, -0.1) is 11.8 Å². The lowest BCUT2D eigenvalue weighted by molar-refractivity contribution is -0.115. The van der Waals surface area contributed by atoms with Crippen molar-refractivity contribution < 1.29 is 14.7 Å². The molecule has 1 atom stereocenters. The van der Waals surface area contributed by atoms with E-state index >= 15 is 0 Å². The number of carbonyl (C=O) groups is 2. The number of amides is 1. The van der Waals surface area contributed by atoms with Gasteiger partial charge in [-0.1, -0.05) is 19.1 Å². The zero-order valence-electron chi connectivity index (χ0n) is 13.6. The van der Waals surface area contributed by atoms with Crippen LogP contribution in [0, 0.1) is 6.92 Å². The highest BCUT2D eigenvalue weighted by Gasteiger charge is 2.19. The van der Waals surface area contributed by atoms with Crippen LogP contribution in [0.2, 0.25) is 0 Å². The van der Waals surface area contributed by atoms with E-state index in [1.165, 1.54) is 23.9 Å². The van der Waals surface area contributed by atoms with E-state index in [2.05, 4.69) is 5.32 Å². The molecule has 0 saturated carbocycles. The molecule has 0 bridgehead atoms. The highest BCUT2D eigenvalue weighted by Crippen LogP contribution is 2.28. The molecule has 0 heterocycles. The number of benzene rings is 2. The first-order valence-corrected chi connectivity index (χ1v) is 8.45. The van der Waals surface area contributed by atoms with Crippen LogP contribution in [0.3, 0.4) is 0 Å². The molecule has 0 saturated heterocycles. The predicted molar refractivity (Wildman–Crippen MR) is 97.6 cm³/mol. The minimum Gasteiger partial charge on any atom is -0.478 e. The Morgan fingerprint density at radius 1 is 1.25 bits per heavy atom. The van der Waals surface area contributed by atoms with Crippen LogP contribution in [0.4, 0.5) is 11.4 Å². The molecular formula is C18H20N2O3S. The van der Waals surface area contributed by atoms with E-state index < -0.39 is 5.97 Å². The van der Waals surface area contributed by atoms with Crippen molar-refractivity contribution in [2.24, 2.45) is 0 Å². The van der Waals surface area contributed by atoms with E-state index in [-0.39, 0.29) is 16.7 Å². The Labute approximate surface area is 145 Å². The lowest BCUT2D eigenvalue weighted by Crippen LogP contribution is -2.25. The van der Waals surface area contributed by atoms with E-state index in [0.717, 1.165) is 10.5 Å². The normalized spacial score (nSPS) is 11.8. The summed E-state index contributed by atoms with van der Waals surface area (Å²) in [6, 6.07) is 12.1. The van der Waals surface area contributed by atoms with Gasteiger partial charge in [0.15, 0.2) is 0 Å². The van der Waals surface area contributed by atoms with Crippen molar-refractivity contribution >= 4 is 35.0 Å². The molecule has 0 aliphatic carbocycles. The molecule has 126 valence electrons. The van der Waals surface area contributed by atoms with Crippen LogP contribution in [-0.4, -0.2) is 22.2 Å². The molecule has 0 spiro atoms. The number of thioether (sulfide) groups is 1. The number of anilines is 2. The molecule has 2 rings (SSSR count). The van der Waals surface area contributed by atoms with Gasteiger partial charge in [-0.25, -0.2) is 4.79 Å². The molecule has 6 heteroatoms. The number of aryl methyl sites for hydroxylation is 1. The van der Waals surface area contributed by atoms with Gasteiger partial charge in [-0.2, -0.15) is 0 Å². The van der Waals surface area contributed by atoms with Crippen LogP contribution in [0.15, 0.2) is 47.4 Å². The van der Waals surface area contributed by atoms with Crippen molar-refractivity contribution in [1.29, 1.82) is 0 Å². The second-order valence-electron chi connectivity index (χ2n) is 5.41. The Morgan fingerprint density at radius 2 is 2.00 bits per heavy atom. The standard InChI is InChI=1S/C18H20N2O3S/c1-3-16(24-14-6-4-5-13(19)10-14)17(21)20-15-9-12(18(22)23)8-7-11(15)2/h4-10,16H,3,19H2,1-2H3,(H,20,21)(H,22,23). The third kappa shape index (κ3) is 4.52. The Bertz CT molecular complexity index is 762. The highest BCUT2D eigenvalue weighted by atomic mass is 32.2. The van der Waals surface area contributed by atoms with Crippen LogP contribution >= 0.6 is 11.8 Å². The number of nitrogens with two attached hydrogens (primary N) is 1. The van der Waals surface area contributed by atoms with Crippen molar-refractivity contribution in [3.63, 3.8) is 0 Å². The summed E-state index contributed by atoms with van der Waals surface area (Å²) in [6.45, 7) is 3.76. The second-order valence-corrected chi connectivity index (χ2v) is 6.69. The summed E-state index contributed by atoms with van der Waals surface area (Å²) in [6.07, 6.45) is 0.642. The van der Waals surface area contributed by atoms with Crippen LogP contribution in [-0.2, 0) is 4.79 Å². The topological polar surface area (TPSA) is 92.4 Å². The molecule has 0 fully saturated rings. The maximum atomic E-state index is 12.6. The largest absolute Gasteiger partial charge is 0.478 e. The van der Waals surface area contributed by atoms with Crippen molar-refractivity contribution in [1.82, 2.24) is 0 Å². The maximum absolute atomic E-state index is 12.6. The van der Waals surface area contributed by atoms with Crippen molar-refractivity contribution in [2.45, 2.75) is 30.4 Å². The van der Waals surface area contributed by atoms with E-state index in [4.69, 9.17) is 10.8 Å². The number of hydrogen-bond acceptors (Lipinski definition) is 4. The van der Waals surface area contributed by atoms with Crippen LogP contribution in [0.1, 0.15) is 29.3 Å². The average molecular weight is 344 g/mol.